The predicted octanol–water partition coefficient (Wildman–Crippen LogP) is 8.62. The highest BCUT2D eigenvalue weighted by atomic mass is 19.1. The highest BCUT2D eigenvalue weighted by Crippen LogP contribution is 2.72. The van der Waals surface area contributed by atoms with Crippen LogP contribution in [-0.4, -0.2) is 304 Å². The van der Waals surface area contributed by atoms with Crippen LogP contribution in [0.5, 0.6) is 0 Å². The lowest BCUT2D eigenvalue weighted by Crippen LogP contribution is -2.71. The third kappa shape index (κ3) is 33.2. The maximum atomic E-state index is 18.1. The molecule has 1 aromatic heterocycles. The first kappa shape index (κ1) is 112. The minimum Gasteiger partial charge on any atom is -0.465 e. The Balaban J connectivity index is 0.669. The van der Waals surface area contributed by atoms with E-state index in [1.807, 2.05) is 11.6 Å². The summed E-state index contributed by atoms with van der Waals surface area (Å²) in [5.41, 5.74) is 0.634. The SMILES string of the molecule is CCCC1O[C@@H]2C[C@H]3[C@@H]4C[C@H](F)C5=CC(=O)C=C[C@]5(C)[C@@]4(F)[C@@H](O)C[C@]3(C)[C@]2(C(=O)CNC(=O)OCc2ccc(NC(=O)[C@H](CCCNC(N)=O)CC(=O)[C@@H](NC(=O)[C@@H](CCCCNC(=O)COC3CCCCCc4c3nnn4CCOCCOCCOCCOCCC(=O)NCC[N+](C)(C)C)CC(=O)CCOCCOCCOCCOCCCC(=O)OCC3[C@H]4CCC#CCC[C@@H]34)C(C)C)cc2)O1. The smallest absolute Gasteiger partial charge is 0.407 e. The molecule has 5 fully saturated rings. The molecule has 9 N–H and O–H groups in total. The molecule has 7 amide bonds. The molecule has 776 valence electrons. The number of primary amides is 1. The number of halogens is 2. The molecule has 0 spiro atoms. The monoisotopic (exact) mass is 1960 g/mol. The second-order valence-corrected chi connectivity index (χ2v) is 39.7. The second-order valence-electron chi connectivity index (χ2n) is 39.7. The highest BCUT2D eigenvalue weighted by Gasteiger charge is 2.80. The van der Waals surface area contributed by atoms with Crippen LogP contribution in [0.2, 0.25) is 0 Å². The van der Waals surface area contributed by atoms with Gasteiger partial charge in [0.1, 0.15) is 37.0 Å². The van der Waals surface area contributed by atoms with Crippen molar-refractivity contribution in [3.63, 3.8) is 0 Å². The lowest BCUT2D eigenvalue weighted by molar-refractivity contribution is -0.869. The standard InChI is InChI=1S/C101H153F2N11O25/c1-9-21-91-138-87-62-78-79-61-81(102)80-60-73(115)33-36-98(80,4)100(79,103)85(118)63-99(78,5)101(87,139-91)86(119)64-108-97(126)137-65-69-29-31-72(32-30-69)109-94(123)71(23-19-38-107-96(104)125)59-83(117)92(68(2)3)110-95(124)70(58-74(116)34-43-128-47-51-132-55-54-131-50-46-127-42-20-28-90(122)136-66-77-75-24-13-10-11-14-25-76(75)77)22-17-18-37-105-89(121)67-135-84-27-16-12-15-26-82-93(84)111-112-113(82)40-45-130-49-53-134-57-56-133-52-48-129-44-35-88(120)106-39-41-114(6,7)8/h29-33,36,60,68,70-71,75-79,81,84-85,87,91-92,118H,9,12-28,34-35,37-59,61-67H2,1-8H3,(H7-,104,105,106,107,108,109,110,120,121,123,124,125,126)/p+1/t70-,71+,75-,76+,77?,78-,79-,81-,84?,85-,87+,91?,92-,98-,99-,100-,101+/m0/s1. The summed E-state index contributed by atoms with van der Waals surface area (Å²) in [6, 6.07) is 4.40. The van der Waals surface area contributed by atoms with Crippen LogP contribution in [0, 0.1) is 70.0 Å². The Hall–Kier alpha value is -8.69. The Morgan fingerprint density at radius 1 is 0.691 bits per heavy atom. The number of aromatic nitrogens is 3. The number of quaternary nitrogens is 1. The summed E-state index contributed by atoms with van der Waals surface area (Å²) in [7, 11) is 6.21. The van der Waals surface area contributed by atoms with Crippen LogP contribution in [0.1, 0.15) is 212 Å². The van der Waals surface area contributed by atoms with Crippen LogP contribution < -0.4 is 37.6 Å². The van der Waals surface area contributed by atoms with Crippen LogP contribution in [0.3, 0.4) is 0 Å². The van der Waals surface area contributed by atoms with Gasteiger partial charge >= 0.3 is 18.1 Å². The molecule has 36 nitrogen and oxygen atoms in total. The summed E-state index contributed by atoms with van der Waals surface area (Å²) in [6.45, 7) is 15.3. The third-order valence-corrected chi connectivity index (χ3v) is 28.3. The molecule has 1 aromatic carbocycles. The number of allylic oxidation sites excluding steroid dienone is 4. The molecule has 2 aromatic rings. The minimum atomic E-state index is -2.41. The maximum absolute atomic E-state index is 18.1. The number of anilines is 1. The first-order valence-corrected chi connectivity index (χ1v) is 50.4. The van der Waals surface area contributed by atoms with Crippen LogP contribution >= 0.6 is 0 Å². The first-order valence-electron chi connectivity index (χ1n) is 50.4. The Morgan fingerprint density at radius 3 is 1.97 bits per heavy atom. The van der Waals surface area contributed by atoms with Crippen molar-refractivity contribution in [2.75, 3.05) is 178 Å². The zero-order valence-corrected chi connectivity index (χ0v) is 82.8. The summed E-state index contributed by atoms with van der Waals surface area (Å²) in [4.78, 5) is 148. The number of carbonyl (C=O) groups excluding carboxylic acids is 11. The highest BCUT2D eigenvalue weighted by molar-refractivity contribution is 6.02. The lowest BCUT2D eigenvalue weighted by atomic mass is 9.44. The number of likely N-dealkylation sites (N-methyl/N-ethyl adjacent to an activating group) is 1. The topological polar surface area (TPSA) is 457 Å². The van der Waals surface area contributed by atoms with Crippen molar-refractivity contribution in [1.82, 2.24) is 41.6 Å². The van der Waals surface area contributed by atoms with Crippen LogP contribution in [-0.2, 0) is 124 Å². The average molecular weight is 1960 g/mol. The molecule has 1 aliphatic heterocycles. The molecule has 3 unspecified atom stereocenters. The number of benzene rings is 1. The van der Waals surface area contributed by atoms with E-state index in [0.29, 0.717) is 185 Å². The van der Waals surface area contributed by atoms with Gasteiger partial charge in [0.15, 0.2) is 34.9 Å². The van der Waals surface area contributed by atoms with Gasteiger partial charge in [-0.15, -0.1) is 16.9 Å². The summed E-state index contributed by atoms with van der Waals surface area (Å²) >= 11 is 0. The molecular weight excluding hydrogens is 1810 g/mol. The van der Waals surface area contributed by atoms with Gasteiger partial charge in [-0.25, -0.2) is 23.1 Å². The molecule has 0 radical (unpaired) electrons. The van der Waals surface area contributed by atoms with Crippen molar-refractivity contribution in [1.29, 1.82) is 0 Å². The fourth-order valence-corrected chi connectivity index (χ4v) is 20.8. The summed E-state index contributed by atoms with van der Waals surface area (Å²) in [5.74, 6) is 0.361. The van der Waals surface area contributed by atoms with E-state index in [1.165, 1.54) is 19.1 Å². The summed E-state index contributed by atoms with van der Waals surface area (Å²) < 4.78 is 113. The van der Waals surface area contributed by atoms with Gasteiger partial charge in [0.05, 0.1) is 177 Å². The number of nitrogens with one attached hydrogen (secondary N) is 6. The number of alkyl carbamates (subject to hydrolysis) is 1. The predicted molar refractivity (Wildman–Crippen MR) is 506 cm³/mol. The zero-order valence-electron chi connectivity index (χ0n) is 82.8. The van der Waals surface area contributed by atoms with Gasteiger partial charge in [-0.3, -0.25) is 43.2 Å². The number of nitrogens with two attached hydrogens (primary N) is 1. The first-order chi connectivity index (χ1) is 66.8. The number of aliphatic hydroxyl groups is 1. The number of hydrogen-bond donors (Lipinski definition) is 8. The van der Waals surface area contributed by atoms with E-state index in [0.717, 1.165) is 74.2 Å². The van der Waals surface area contributed by atoms with Crippen molar-refractivity contribution in [2.45, 2.75) is 256 Å². The van der Waals surface area contributed by atoms with Gasteiger partial charge < -0.3 is 109 Å². The number of unbranched alkanes of at least 4 members (excludes halogenated alkanes) is 1. The Labute approximate surface area is 816 Å². The Morgan fingerprint density at radius 2 is 1.32 bits per heavy atom. The zero-order chi connectivity index (χ0) is 100.0. The molecule has 4 saturated carbocycles. The largest absolute Gasteiger partial charge is 0.465 e. The molecule has 17 atom stereocenters. The van der Waals surface area contributed by atoms with Crippen molar-refractivity contribution in [3.8, 4) is 11.8 Å². The molecule has 10 rings (SSSR count). The lowest BCUT2D eigenvalue weighted by Gasteiger charge is -2.63. The number of aliphatic hydroxyl groups excluding tert-OH is 1. The molecular formula is C101H154F2N11O25+. The number of fused-ring (bicyclic) bond motifs is 9. The number of carbonyl (C=O) groups is 11. The summed E-state index contributed by atoms with van der Waals surface area (Å²) in [6.07, 6.45) is 7.66. The fourth-order valence-electron chi connectivity index (χ4n) is 20.8. The molecule has 38 heteroatoms. The fraction of sp³-hybridized carbons (Fsp3) is 0.752. The minimum absolute atomic E-state index is 0.0254. The number of ether oxygens (including phenoxy) is 13. The number of urea groups is 1. The van der Waals surface area contributed by atoms with E-state index in [-0.39, 0.29) is 140 Å². The van der Waals surface area contributed by atoms with Crippen LogP contribution in [0.15, 0.2) is 48.1 Å². The van der Waals surface area contributed by atoms with E-state index in [4.69, 9.17) is 67.3 Å². The number of alkyl halides is 2. The number of Topliss-reactive ketones (excluding diaryl/α,β-unsaturated/α-hetero) is 3. The van der Waals surface area contributed by atoms with E-state index in [9.17, 15) is 57.8 Å². The van der Waals surface area contributed by atoms with E-state index < -0.39 is 136 Å². The average Bonchev–Trinajstić information content (AvgIpc) is 1.53. The molecule has 139 heavy (non-hydrogen) atoms. The van der Waals surface area contributed by atoms with Gasteiger partial charge in [-0.05, 0) is 162 Å². The Kier molecular flexibility index (Phi) is 45.5. The van der Waals surface area contributed by atoms with Gasteiger partial charge in [0.25, 0.3) is 0 Å². The number of amides is 7. The molecule has 1 saturated heterocycles. The van der Waals surface area contributed by atoms with Crippen LogP contribution in [0.4, 0.5) is 24.1 Å². The number of ketones is 4. The normalized spacial score (nSPS) is 25.6. The molecule has 8 aliphatic rings. The maximum Gasteiger partial charge on any atom is 0.407 e. The van der Waals surface area contributed by atoms with E-state index in [2.05, 4.69) is 75.2 Å². The van der Waals surface area contributed by atoms with Gasteiger partial charge in [0.2, 0.25) is 23.6 Å². The summed E-state index contributed by atoms with van der Waals surface area (Å²) in [5, 5.41) is 37.7. The number of rotatable bonds is 65. The Bertz CT molecular complexity index is 4430. The van der Waals surface area contributed by atoms with Gasteiger partial charge in [0, 0.05) is 98.9 Å². The van der Waals surface area contributed by atoms with Crippen molar-refractivity contribution in [2.24, 2.45) is 63.9 Å². The molecule has 0 bridgehead atoms. The quantitative estimate of drug-likeness (QED) is 0.0133. The number of hydrogen-bond acceptors (Lipinski definition) is 27. The van der Waals surface area contributed by atoms with Crippen molar-refractivity contribution in [3.05, 3.63) is 65.0 Å². The van der Waals surface area contributed by atoms with Crippen LogP contribution in [0.25, 0.3) is 0 Å². The van der Waals surface area contributed by atoms with Crippen molar-refractivity contribution >= 4 is 70.5 Å². The molecule has 7 aliphatic carbocycles. The number of nitrogens with zero attached hydrogens (tertiary/aromatic N) is 4. The van der Waals surface area contributed by atoms with Gasteiger partial charge in [-0.2, -0.15) is 0 Å². The van der Waals surface area contributed by atoms with Crippen molar-refractivity contribution < 1.29 is 133 Å². The van der Waals surface area contributed by atoms with Gasteiger partial charge in [-0.1, -0.05) is 76.8 Å². The number of esters is 1. The molecule has 2 heterocycles. The second kappa shape index (κ2) is 56.4. The van der Waals surface area contributed by atoms with E-state index in [1.54, 1.807) is 45.0 Å². The third-order valence-electron chi connectivity index (χ3n) is 28.3. The van der Waals surface area contributed by atoms with E-state index >= 15 is 8.78 Å².